The number of nitrogens with zero attached hydrogens (tertiary/aromatic N) is 4. The lowest BCUT2D eigenvalue weighted by atomic mass is 9.95. The van der Waals surface area contributed by atoms with Crippen LogP contribution < -0.4 is 10.1 Å². The number of fused-ring (bicyclic) bond motifs is 1. The summed E-state index contributed by atoms with van der Waals surface area (Å²) in [6.07, 6.45) is 0. The van der Waals surface area contributed by atoms with Crippen LogP contribution >= 0.6 is 0 Å². The number of ether oxygens (including phenoxy) is 2. The predicted octanol–water partition coefficient (Wildman–Crippen LogP) is 1.24. The first-order chi connectivity index (χ1) is 11.6. The largest absolute Gasteiger partial charge is 0.504 e. The molecule has 0 amide bonds. The van der Waals surface area contributed by atoms with Crippen molar-refractivity contribution in [1.29, 1.82) is 0 Å². The van der Waals surface area contributed by atoms with E-state index in [1.54, 1.807) is 19.1 Å². The molecule has 1 aliphatic rings. The van der Waals surface area contributed by atoms with Crippen molar-refractivity contribution in [3.05, 3.63) is 35.0 Å². The van der Waals surface area contributed by atoms with Gasteiger partial charge >= 0.3 is 5.97 Å². The molecule has 0 fully saturated rings. The highest BCUT2D eigenvalue weighted by molar-refractivity contribution is 5.92. The topological polar surface area (TPSA) is 111 Å². The highest BCUT2D eigenvalue weighted by Crippen LogP contribution is 2.38. The van der Waals surface area contributed by atoms with Gasteiger partial charge in [0, 0.05) is 5.70 Å². The standard InChI is InChI=1S/C15H17N5O4/c1-4-24-11-7-9(5-6-10(11)21)13-12(14(22)23-3)8(2)16-15-17-18-19-20(13)15/h5-7,13,21H,4H2,1-3H3,(H,16,17,19)/t13-/m0/s1. The number of carbonyl (C=O) groups is 1. The number of allylic oxidation sites excluding steroid dienone is 1. The number of hydrogen-bond donors (Lipinski definition) is 2. The zero-order chi connectivity index (χ0) is 17.3. The fraction of sp³-hybridized carbons (Fsp3) is 0.333. The molecule has 1 aliphatic heterocycles. The minimum Gasteiger partial charge on any atom is -0.504 e. The fourth-order valence-corrected chi connectivity index (χ4v) is 2.67. The number of phenols is 1. The molecule has 0 radical (unpaired) electrons. The van der Waals surface area contributed by atoms with E-state index in [0.717, 1.165) is 0 Å². The lowest BCUT2D eigenvalue weighted by molar-refractivity contribution is -0.136. The molecule has 0 aliphatic carbocycles. The Morgan fingerprint density at radius 1 is 1.46 bits per heavy atom. The Kier molecular flexibility index (Phi) is 4.07. The van der Waals surface area contributed by atoms with Crippen LogP contribution in [0.4, 0.5) is 5.95 Å². The van der Waals surface area contributed by atoms with Crippen LogP contribution in [0, 0.1) is 0 Å². The number of aromatic hydroxyl groups is 1. The SMILES string of the molecule is CCOc1cc([C@H]2C(C(=O)OC)=C(C)Nc3nnnn32)ccc1O. The van der Waals surface area contributed by atoms with Crippen molar-refractivity contribution in [2.45, 2.75) is 19.9 Å². The lowest BCUT2D eigenvalue weighted by Gasteiger charge is -2.27. The molecule has 0 spiro atoms. The number of methoxy groups -OCH3 is 1. The number of carbonyl (C=O) groups excluding carboxylic acids is 1. The monoisotopic (exact) mass is 331 g/mol. The van der Waals surface area contributed by atoms with Crippen LogP contribution in [0.2, 0.25) is 0 Å². The summed E-state index contributed by atoms with van der Waals surface area (Å²) in [5.41, 5.74) is 1.66. The zero-order valence-electron chi connectivity index (χ0n) is 13.5. The van der Waals surface area contributed by atoms with E-state index in [9.17, 15) is 9.90 Å². The summed E-state index contributed by atoms with van der Waals surface area (Å²) in [7, 11) is 1.32. The van der Waals surface area contributed by atoms with E-state index in [4.69, 9.17) is 9.47 Å². The third kappa shape index (κ3) is 2.53. The molecule has 0 unspecified atom stereocenters. The molecular formula is C15H17N5O4. The summed E-state index contributed by atoms with van der Waals surface area (Å²) in [4.78, 5) is 12.3. The third-order valence-electron chi connectivity index (χ3n) is 3.72. The van der Waals surface area contributed by atoms with E-state index in [0.29, 0.717) is 35.1 Å². The van der Waals surface area contributed by atoms with Gasteiger partial charge in [-0.15, -0.1) is 0 Å². The van der Waals surface area contributed by atoms with Crippen LogP contribution in [0.5, 0.6) is 11.5 Å². The minimum atomic E-state index is -0.594. The van der Waals surface area contributed by atoms with Gasteiger partial charge in [0.2, 0.25) is 5.95 Å². The maximum absolute atomic E-state index is 12.3. The van der Waals surface area contributed by atoms with E-state index in [1.165, 1.54) is 17.9 Å². The van der Waals surface area contributed by atoms with E-state index in [1.807, 2.05) is 6.92 Å². The average Bonchev–Trinajstić information content (AvgIpc) is 3.03. The fourth-order valence-electron chi connectivity index (χ4n) is 2.67. The van der Waals surface area contributed by atoms with Gasteiger partial charge in [0.1, 0.15) is 6.04 Å². The molecule has 2 N–H and O–H groups in total. The highest BCUT2D eigenvalue weighted by atomic mass is 16.5. The maximum atomic E-state index is 12.3. The summed E-state index contributed by atoms with van der Waals surface area (Å²) in [6.45, 7) is 3.97. The van der Waals surface area contributed by atoms with Crippen molar-refractivity contribution < 1.29 is 19.4 Å². The lowest BCUT2D eigenvalue weighted by Crippen LogP contribution is -2.29. The molecule has 1 atom stereocenters. The number of anilines is 1. The number of tetrazole rings is 1. The molecular weight excluding hydrogens is 314 g/mol. The Balaban J connectivity index is 2.16. The van der Waals surface area contributed by atoms with Crippen LogP contribution in [0.15, 0.2) is 29.5 Å². The molecule has 9 heteroatoms. The molecule has 24 heavy (non-hydrogen) atoms. The number of phenolic OH excluding ortho intramolecular Hbond substituents is 1. The van der Waals surface area contributed by atoms with Gasteiger partial charge < -0.3 is 19.9 Å². The Bertz CT molecular complexity index is 814. The van der Waals surface area contributed by atoms with Crippen molar-refractivity contribution in [3.63, 3.8) is 0 Å². The molecule has 2 aromatic rings. The molecule has 3 rings (SSSR count). The first-order valence-electron chi connectivity index (χ1n) is 7.36. The van der Waals surface area contributed by atoms with E-state index in [-0.39, 0.29) is 5.75 Å². The molecule has 1 aromatic carbocycles. The Morgan fingerprint density at radius 2 is 2.25 bits per heavy atom. The number of rotatable bonds is 4. The summed E-state index contributed by atoms with van der Waals surface area (Å²) >= 11 is 0. The van der Waals surface area contributed by atoms with Gasteiger partial charge in [0.25, 0.3) is 0 Å². The van der Waals surface area contributed by atoms with Gasteiger partial charge in [-0.3, -0.25) is 0 Å². The van der Waals surface area contributed by atoms with Crippen molar-refractivity contribution >= 4 is 11.9 Å². The summed E-state index contributed by atoms with van der Waals surface area (Å²) in [5, 5.41) is 24.4. The molecule has 0 saturated carbocycles. The highest BCUT2D eigenvalue weighted by Gasteiger charge is 2.35. The quantitative estimate of drug-likeness (QED) is 0.805. The van der Waals surface area contributed by atoms with E-state index >= 15 is 0 Å². The van der Waals surface area contributed by atoms with Crippen molar-refractivity contribution in [2.75, 3.05) is 19.0 Å². The third-order valence-corrected chi connectivity index (χ3v) is 3.72. The van der Waals surface area contributed by atoms with Crippen molar-refractivity contribution in [2.24, 2.45) is 0 Å². The number of esters is 1. The number of nitrogens with one attached hydrogen (secondary N) is 1. The predicted molar refractivity (Wildman–Crippen MR) is 83.6 cm³/mol. The van der Waals surface area contributed by atoms with Gasteiger partial charge in [-0.2, -0.15) is 4.68 Å². The second-order valence-corrected chi connectivity index (χ2v) is 5.17. The smallest absolute Gasteiger partial charge is 0.338 e. The molecule has 126 valence electrons. The van der Waals surface area contributed by atoms with Crippen LogP contribution in [0.3, 0.4) is 0 Å². The van der Waals surface area contributed by atoms with Crippen LogP contribution in [-0.4, -0.2) is 45.0 Å². The number of benzene rings is 1. The Morgan fingerprint density at radius 3 is 2.96 bits per heavy atom. The second kappa shape index (κ2) is 6.19. The first-order valence-corrected chi connectivity index (χ1v) is 7.36. The summed E-state index contributed by atoms with van der Waals surface area (Å²) in [5.74, 6) is 0.269. The summed E-state index contributed by atoms with van der Waals surface area (Å²) in [6, 6.07) is 4.27. The Hall–Kier alpha value is -3.10. The Labute approximate surface area is 137 Å². The number of hydrogen-bond acceptors (Lipinski definition) is 8. The van der Waals surface area contributed by atoms with Gasteiger partial charge in [0.15, 0.2) is 11.5 Å². The minimum absolute atomic E-state index is 0.0202. The van der Waals surface area contributed by atoms with Gasteiger partial charge in [-0.1, -0.05) is 11.2 Å². The van der Waals surface area contributed by atoms with Crippen LogP contribution in [0.25, 0.3) is 0 Å². The average molecular weight is 331 g/mol. The molecule has 0 bridgehead atoms. The number of aromatic nitrogens is 4. The van der Waals surface area contributed by atoms with E-state index < -0.39 is 12.0 Å². The second-order valence-electron chi connectivity index (χ2n) is 5.17. The summed E-state index contributed by atoms with van der Waals surface area (Å²) < 4.78 is 11.8. The van der Waals surface area contributed by atoms with Crippen molar-refractivity contribution in [1.82, 2.24) is 20.2 Å². The van der Waals surface area contributed by atoms with Crippen LogP contribution in [-0.2, 0) is 9.53 Å². The van der Waals surface area contributed by atoms with Gasteiger partial charge in [0.05, 0.1) is 19.3 Å². The van der Waals surface area contributed by atoms with Crippen molar-refractivity contribution in [3.8, 4) is 11.5 Å². The molecule has 2 heterocycles. The van der Waals surface area contributed by atoms with Gasteiger partial charge in [-0.05, 0) is 42.0 Å². The van der Waals surface area contributed by atoms with E-state index in [2.05, 4.69) is 20.8 Å². The molecule has 0 saturated heterocycles. The van der Waals surface area contributed by atoms with Gasteiger partial charge in [-0.25, -0.2) is 4.79 Å². The normalized spacial score (nSPS) is 16.4. The zero-order valence-corrected chi connectivity index (χ0v) is 13.5. The van der Waals surface area contributed by atoms with Crippen LogP contribution in [0.1, 0.15) is 25.5 Å². The molecule has 1 aromatic heterocycles. The molecule has 9 nitrogen and oxygen atoms in total. The first kappa shape index (κ1) is 15.8. The maximum Gasteiger partial charge on any atom is 0.338 e.